The topological polar surface area (TPSA) is 61.4 Å². The summed E-state index contributed by atoms with van der Waals surface area (Å²) in [5.74, 6) is -0.297. The quantitative estimate of drug-likeness (QED) is 0.378. The lowest BCUT2D eigenvalue weighted by Crippen LogP contribution is -2.17. The van der Waals surface area contributed by atoms with Gasteiger partial charge in [0, 0.05) is 13.0 Å². The number of nitrogens with one attached hydrogen (secondary N) is 2. The summed E-state index contributed by atoms with van der Waals surface area (Å²) in [5, 5.41) is 14.4. The van der Waals surface area contributed by atoms with E-state index in [2.05, 4.69) is 47.8 Å². The molecule has 0 aromatic heterocycles. The van der Waals surface area contributed by atoms with Gasteiger partial charge in [-0.3, -0.25) is 10.0 Å². The van der Waals surface area contributed by atoms with E-state index in [0.29, 0.717) is 6.42 Å². The maximum absolute atomic E-state index is 10.8. The standard InChI is InChI=1S/C18H24N2O2/c21-18(20-22)9-3-1-2-6-12-19-14-15-10-11-16-7-4-5-8-17(16)13-15/h4-5,7-8,10-11,13,19,22H,1-3,6,9,12,14H2,(H,20,21). The summed E-state index contributed by atoms with van der Waals surface area (Å²) in [7, 11) is 0. The molecule has 3 N–H and O–H groups in total. The maximum atomic E-state index is 10.8. The molecule has 0 saturated heterocycles. The number of hydroxylamine groups is 1. The van der Waals surface area contributed by atoms with Gasteiger partial charge in [-0.2, -0.15) is 0 Å². The zero-order chi connectivity index (χ0) is 15.6. The molecule has 4 nitrogen and oxygen atoms in total. The third-order valence-electron chi connectivity index (χ3n) is 3.78. The molecule has 0 radical (unpaired) electrons. The Labute approximate surface area is 131 Å². The van der Waals surface area contributed by atoms with Crippen LogP contribution in [0.4, 0.5) is 0 Å². The minimum Gasteiger partial charge on any atom is -0.313 e. The van der Waals surface area contributed by atoms with Crippen molar-refractivity contribution in [3.63, 3.8) is 0 Å². The predicted molar refractivity (Wildman–Crippen MR) is 88.7 cm³/mol. The van der Waals surface area contributed by atoms with Crippen molar-refractivity contribution in [3.05, 3.63) is 48.0 Å². The number of carbonyl (C=O) groups is 1. The Bertz CT molecular complexity index is 598. The largest absolute Gasteiger partial charge is 0.313 e. The summed E-state index contributed by atoms with van der Waals surface area (Å²) in [4.78, 5) is 10.8. The van der Waals surface area contributed by atoms with Gasteiger partial charge in [-0.1, -0.05) is 49.2 Å². The zero-order valence-electron chi connectivity index (χ0n) is 12.8. The van der Waals surface area contributed by atoms with Crippen LogP contribution >= 0.6 is 0 Å². The van der Waals surface area contributed by atoms with Crippen LogP contribution in [-0.2, 0) is 11.3 Å². The smallest absolute Gasteiger partial charge is 0.243 e. The molecule has 1 amide bonds. The van der Waals surface area contributed by atoms with Gasteiger partial charge >= 0.3 is 0 Å². The molecule has 0 saturated carbocycles. The lowest BCUT2D eigenvalue weighted by molar-refractivity contribution is -0.129. The van der Waals surface area contributed by atoms with Crippen LogP contribution in [0.5, 0.6) is 0 Å². The van der Waals surface area contributed by atoms with E-state index in [4.69, 9.17) is 5.21 Å². The Morgan fingerprint density at radius 1 is 0.955 bits per heavy atom. The first-order valence-corrected chi connectivity index (χ1v) is 7.91. The SMILES string of the molecule is O=C(CCCCCCNCc1ccc2ccccc2c1)NO. The average Bonchev–Trinajstić information content (AvgIpc) is 2.56. The van der Waals surface area contributed by atoms with Crippen molar-refractivity contribution in [2.75, 3.05) is 6.54 Å². The van der Waals surface area contributed by atoms with E-state index in [1.165, 1.54) is 16.3 Å². The minimum absolute atomic E-state index is 0.297. The van der Waals surface area contributed by atoms with Crippen molar-refractivity contribution in [2.24, 2.45) is 0 Å². The highest BCUT2D eigenvalue weighted by Gasteiger charge is 1.99. The van der Waals surface area contributed by atoms with Crippen molar-refractivity contribution in [2.45, 2.75) is 38.6 Å². The van der Waals surface area contributed by atoms with Crippen LogP contribution in [0.15, 0.2) is 42.5 Å². The van der Waals surface area contributed by atoms with Crippen molar-refractivity contribution in [3.8, 4) is 0 Å². The molecule has 0 atom stereocenters. The second-order valence-corrected chi connectivity index (χ2v) is 5.56. The number of fused-ring (bicyclic) bond motifs is 1. The van der Waals surface area contributed by atoms with E-state index in [-0.39, 0.29) is 5.91 Å². The molecule has 0 aliphatic heterocycles. The number of hydrogen-bond donors (Lipinski definition) is 3. The summed E-state index contributed by atoms with van der Waals surface area (Å²) in [5.41, 5.74) is 2.96. The van der Waals surface area contributed by atoms with Crippen molar-refractivity contribution >= 4 is 16.7 Å². The van der Waals surface area contributed by atoms with E-state index >= 15 is 0 Å². The fraction of sp³-hybridized carbons (Fsp3) is 0.389. The minimum atomic E-state index is -0.297. The van der Waals surface area contributed by atoms with Gasteiger partial charge in [0.1, 0.15) is 0 Å². The number of rotatable bonds is 9. The molecular weight excluding hydrogens is 276 g/mol. The fourth-order valence-electron chi connectivity index (χ4n) is 2.53. The molecule has 0 unspecified atom stereocenters. The van der Waals surface area contributed by atoms with Gasteiger partial charge in [0.05, 0.1) is 0 Å². The molecule has 0 spiro atoms. The number of hydrogen-bond acceptors (Lipinski definition) is 3. The number of amides is 1. The zero-order valence-corrected chi connectivity index (χ0v) is 12.8. The monoisotopic (exact) mass is 300 g/mol. The summed E-state index contributed by atoms with van der Waals surface area (Å²) < 4.78 is 0. The van der Waals surface area contributed by atoms with Gasteiger partial charge in [-0.05, 0) is 41.8 Å². The number of benzene rings is 2. The third kappa shape index (κ3) is 5.47. The van der Waals surface area contributed by atoms with E-state index in [1.807, 2.05) is 0 Å². The van der Waals surface area contributed by atoms with E-state index in [1.54, 1.807) is 5.48 Å². The molecular formula is C18H24N2O2. The highest BCUT2D eigenvalue weighted by molar-refractivity contribution is 5.82. The Balaban J connectivity index is 1.59. The maximum Gasteiger partial charge on any atom is 0.243 e. The molecule has 4 heteroatoms. The average molecular weight is 300 g/mol. The molecule has 0 aliphatic rings. The van der Waals surface area contributed by atoms with Crippen LogP contribution in [0.1, 0.15) is 37.7 Å². The third-order valence-corrected chi connectivity index (χ3v) is 3.78. The van der Waals surface area contributed by atoms with Crippen molar-refractivity contribution in [1.29, 1.82) is 0 Å². The highest BCUT2D eigenvalue weighted by atomic mass is 16.5. The van der Waals surface area contributed by atoms with Gasteiger partial charge in [-0.25, -0.2) is 5.48 Å². The summed E-state index contributed by atoms with van der Waals surface area (Å²) in [6, 6.07) is 15.0. The normalized spacial score (nSPS) is 10.8. The van der Waals surface area contributed by atoms with Gasteiger partial charge in [0.2, 0.25) is 5.91 Å². The van der Waals surface area contributed by atoms with Crippen LogP contribution in [-0.4, -0.2) is 17.7 Å². The molecule has 2 rings (SSSR count). The molecule has 0 aliphatic carbocycles. The van der Waals surface area contributed by atoms with Crippen LogP contribution in [0.25, 0.3) is 10.8 Å². The summed E-state index contributed by atoms with van der Waals surface area (Å²) in [6.07, 6.45) is 4.46. The van der Waals surface area contributed by atoms with Gasteiger partial charge < -0.3 is 5.32 Å². The first-order valence-electron chi connectivity index (χ1n) is 7.91. The van der Waals surface area contributed by atoms with E-state index in [0.717, 1.165) is 38.8 Å². The number of carbonyl (C=O) groups excluding carboxylic acids is 1. The first kappa shape index (κ1) is 16.5. The molecule has 2 aromatic carbocycles. The van der Waals surface area contributed by atoms with Gasteiger partial charge in [0.15, 0.2) is 0 Å². The summed E-state index contributed by atoms with van der Waals surface area (Å²) >= 11 is 0. The van der Waals surface area contributed by atoms with Crippen LogP contribution < -0.4 is 10.8 Å². The van der Waals surface area contributed by atoms with Gasteiger partial charge in [0.25, 0.3) is 0 Å². The van der Waals surface area contributed by atoms with Crippen LogP contribution in [0.3, 0.4) is 0 Å². The second kappa shape index (κ2) is 9.18. The Morgan fingerprint density at radius 3 is 2.55 bits per heavy atom. The molecule has 22 heavy (non-hydrogen) atoms. The Hall–Kier alpha value is -1.91. The molecule has 0 bridgehead atoms. The lowest BCUT2D eigenvalue weighted by Gasteiger charge is -2.06. The van der Waals surface area contributed by atoms with Crippen LogP contribution in [0, 0.1) is 0 Å². The molecule has 2 aromatic rings. The Morgan fingerprint density at radius 2 is 1.73 bits per heavy atom. The highest BCUT2D eigenvalue weighted by Crippen LogP contribution is 2.15. The van der Waals surface area contributed by atoms with Crippen molar-refractivity contribution < 1.29 is 10.0 Å². The first-order chi connectivity index (χ1) is 10.8. The van der Waals surface area contributed by atoms with E-state index < -0.39 is 0 Å². The molecule has 0 fully saturated rings. The lowest BCUT2D eigenvalue weighted by atomic mass is 10.1. The predicted octanol–water partition coefficient (Wildman–Crippen LogP) is 3.39. The molecule has 118 valence electrons. The number of unbranched alkanes of at least 4 members (excludes halogenated alkanes) is 3. The fourth-order valence-corrected chi connectivity index (χ4v) is 2.53. The Kier molecular flexibility index (Phi) is 6.87. The van der Waals surface area contributed by atoms with Gasteiger partial charge in [-0.15, -0.1) is 0 Å². The van der Waals surface area contributed by atoms with Crippen LogP contribution in [0.2, 0.25) is 0 Å². The van der Waals surface area contributed by atoms with Crippen molar-refractivity contribution in [1.82, 2.24) is 10.8 Å². The molecule has 0 heterocycles. The van der Waals surface area contributed by atoms with E-state index in [9.17, 15) is 4.79 Å². The second-order valence-electron chi connectivity index (χ2n) is 5.56. The summed E-state index contributed by atoms with van der Waals surface area (Å²) in [6.45, 7) is 1.87.